The first-order valence-electron chi connectivity index (χ1n) is 7.90. The van der Waals surface area contributed by atoms with Gasteiger partial charge in [0.25, 0.3) is 0 Å². The number of para-hydroxylation sites is 1. The monoisotopic (exact) mass is 342 g/mol. The van der Waals surface area contributed by atoms with Crippen molar-refractivity contribution in [1.82, 2.24) is 4.98 Å². The summed E-state index contributed by atoms with van der Waals surface area (Å²) >= 11 is 1.66. The molecule has 0 atom stereocenters. The van der Waals surface area contributed by atoms with E-state index in [9.17, 15) is 0 Å². The Morgan fingerprint density at radius 3 is 2.76 bits per heavy atom. The van der Waals surface area contributed by atoms with Crippen LogP contribution in [0.3, 0.4) is 0 Å². The molecule has 0 aliphatic carbocycles. The van der Waals surface area contributed by atoms with E-state index in [-0.39, 0.29) is 6.61 Å². The summed E-state index contributed by atoms with van der Waals surface area (Å²) in [5.41, 5.74) is 1.97. The van der Waals surface area contributed by atoms with Crippen LogP contribution in [0.2, 0.25) is 0 Å². The lowest BCUT2D eigenvalue weighted by atomic mass is 10.1. The molecule has 4 heteroatoms. The first-order chi connectivity index (χ1) is 12.3. The number of thiazole rings is 1. The molecular formula is C21H14N2OS. The van der Waals surface area contributed by atoms with Crippen LogP contribution in [-0.4, -0.2) is 11.6 Å². The molecule has 3 nitrogen and oxygen atoms in total. The topological polar surface area (TPSA) is 45.9 Å². The van der Waals surface area contributed by atoms with E-state index in [2.05, 4.69) is 24.3 Å². The molecule has 4 rings (SSSR count). The molecule has 0 bridgehead atoms. The van der Waals surface area contributed by atoms with Crippen LogP contribution < -0.4 is 4.74 Å². The largest absolute Gasteiger partial charge is 0.478 e. The first kappa shape index (κ1) is 15.4. The molecule has 0 aliphatic heterocycles. The smallest absolute Gasteiger partial charge is 0.174 e. The maximum absolute atomic E-state index is 8.69. The van der Waals surface area contributed by atoms with Gasteiger partial charge in [-0.2, -0.15) is 5.26 Å². The lowest BCUT2D eigenvalue weighted by Gasteiger charge is -2.04. The fourth-order valence-corrected chi connectivity index (χ4v) is 3.66. The number of nitrogens with zero attached hydrogens (tertiary/aromatic N) is 2. The van der Waals surface area contributed by atoms with Crippen molar-refractivity contribution in [3.8, 4) is 11.8 Å². The Labute approximate surface area is 149 Å². The minimum atomic E-state index is 0.0397. The molecule has 0 unspecified atom stereocenters. The summed E-state index contributed by atoms with van der Waals surface area (Å²) in [7, 11) is 0. The van der Waals surface area contributed by atoms with Crippen molar-refractivity contribution in [2.75, 3.05) is 6.61 Å². The van der Waals surface area contributed by atoms with Gasteiger partial charge in [-0.3, -0.25) is 0 Å². The highest BCUT2D eigenvalue weighted by Gasteiger charge is 2.06. The number of nitriles is 1. The van der Waals surface area contributed by atoms with Crippen molar-refractivity contribution in [2.24, 2.45) is 0 Å². The summed E-state index contributed by atoms with van der Waals surface area (Å²) < 4.78 is 6.64. The molecule has 1 aromatic heterocycles. The lowest BCUT2D eigenvalue weighted by molar-refractivity contribution is 0.367. The quantitative estimate of drug-likeness (QED) is 0.490. The Bertz CT molecular complexity index is 1120. The van der Waals surface area contributed by atoms with Crippen molar-refractivity contribution in [2.45, 2.75) is 0 Å². The molecule has 25 heavy (non-hydrogen) atoms. The molecular weight excluding hydrogens is 328 g/mol. The maximum Gasteiger partial charge on any atom is 0.174 e. The van der Waals surface area contributed by atoms with E-state index in [4.69, 9.17) is 15.0 Å². The van der Waals surface area contributed by atoms with Crippen molar-refractivity contribution in [3.05, 3.63) is 71.2 Å². The second-order valence-corrected chi connectivity index (χ2v) is 6.57. The number of fused-ring (bicyclic) bond motifs is 3. The molecule has 1 heterocycles. The Hall–Kier alpha value is -3.16. The number of hydrogen-bond acceptors (Lipinski definition) is 4. The molecule has 4 aromatic rings. The normalized spacial score (nSPS) is 11.2. The summed E-state index contributed by atoms with van der Waals surface area (Å²) in [4.78, 5) is 4.79. The van der Waals surface area contributed by atoms with Crippen molar-refractivity contribution in [1.29, 1.82) is 5.26 Å². The SMILES string of the molecule is N#CCOc1ccccc1C=Cc1nc2c(ccc3ccccc32)s1. The van der Waals surface area contributed by atoms with Gasteiger partial charge < -0.3 is 4.74 Å². The molecule has 0 amide bonds. The number of benzene rings is 3. The molecule has 120 valence electrons. The van der Waals surface area contributed by atoms with E-state index in [1.165, 1.54) is 15.5 Å². The highest BCUT2D eigenvalue weighted by atomic mass is 32.1. The predicted octanol–water partition coefficient (Wildman–Crippen LogP) is 5.52. The van der Waals surface area contributed by atoms with Gasteiger partial charge in [-0.25, -0.2) is 4.98 Å². The number of ether oxygens (including phenoxy) is 1. The van der Waals surface area contributed by atoms with Crippen LogP contribution in [0.1, 0.15) is 10.6 Å². The van der Waals surface area contributed by atoms with Gasteiger partial charge in [-0.1, -0.05) is 48.5 Å². The number of hydrogen-bond donors (Lipinski definition) is 0. The van der Waals surface area contributed by atoms with Gasteiger partial charge in [0.15, 0.2) is 6.61 Å². The first-order valence-corrected chi connectivity index (χ1v) is 8.72. The second kappa shape index (κ2) is 6.76. The van der Waals surface area contributed by atoms with E-state index in [1.54, 1.807) is 11.3 Å². The molecule has 0 N–H and O–H groups in total. The summed E-state index contributed by atoms with van der Waals surface area (Å²) in [6.45, 7) is 0.0397. The molecule has 0 aliphatic rings. The highest BCUT2D eigenvalue weighted by Crippen LogP contribution is 2.30. The van der Waals surface area contributed by atoms with Gasteiger partial charge in [-0.15, -0.1) is 11.3 Å². The van der Waals surface area contributed by atoms with Crippen LogP contribution in [0.5, 0.6) is 5.75 Å². The maximum atomic E-state index is 8.69. The molecule has 0 spiro atoms. The van der Waals surface area contributed by atoms with E-state index in [1.807, 2.05) is 54.6 Å². The fraction of sp³-hybridized carbons (Fsp3) is 0.0476. The fourth-order valence-electron chi connectivity index (χ4n) is 2.77. The zero-order valence-electron chi connectivity index (χ0n) is 13.3. The third-order valence-corrected chi connectivity index (χ3v) is 4.90. The molecule has 0 saturated heterocycles. The minimum Gasteiger partial charge on any atom is -0.478 e. The van der Waals surface area contributed by atoms with E-state index in [0.29, 0.717) is 5.75 Å². The Kier molecular flexibility index (Phi) is 4.16. The van der Waals surface area contributed by atoms with Crippen LogP contribution in [-0.2, 0) is 0 Å². The van der Waals surface area contributed by atoms with E-state index >= 15 is 0 Å². The van der Waals surface area contributed by atoms with Crippen LogP contribution in [0.15, 0.2) is 60.7 Å². The zero-order chi connectivity index (χ0) is 17.1. The van der Waals surface area contributed by atoms with Gasteiger partial charge in [-0.05, 0) is 29.7 Å². The molecule has 0 saturated carbocycles. The van der Waals surface area contributed by atoms with Gasteiger partial charge in [0.2, 0.25) is 0 Å². The Balaban J connectivity index is 1.71. The number of rotatable bonds is 4. The average molecular weight is 342 g/mol. The average Bonchev–Trinajstić information content (AvgIpc) is 3.09. The van der Waals surface area contributed by atoms with Crippen molar-refractivity contribution < 1.29 is 4.74 Å². The van der Waals surface area contributed by atoms with E-state index < -0.39 is 0 Å². The van der Waals surface area contributed by atoms with Gasteiger partial charge in [0, 0.05) is 10.9 Å². The Morgan fingerprint density at radius 1 is 1.00 bits per heavy atom. The van der Waals surface area contributed by atoms with Crippen LogP contribution >= 0.6 is 11.3 Å². The Morgan fingerprint density at radius 2 is 1.84 bits per heavy atom. The van der Waals surface area contributed by atoms with E-state index in [0.717, 1.165) is 16.1 Å². The molecule has 0 fully saturated rings. The summed E-state index contributed by atoms with van der Waals surface area (Å²) in [6, 6.07) is 22.2. The third kappa shape index (κ3) is 3.10. The lowest BCUT2D eigenvalue weighted by Crippen LogP contribution is -1.94. The summed E-state index contributed by atoms with van der Waals surface area (Å²) in [6.07, 6.45) is 3.97. The predicted molar refractivity (Wildman–Crippen MR) is 104 cm³/mol. The summed E-state index contributed by atoms with van der Waals surface area (Å²) in [5, 5.41) is 12.0. The molecule has 3 aromatic carbocycles. The van der Waals surface area contributed by atoms with Crippen molar-refractivity contribution >= 4 is 44.5 Å². The third-order valence-electron chi connectivity index (χ3n) is 3.92. The van der Waals surface area contributed by atoms with Crippen LogP contribution in [0.4, 0.5) is 0 Å². The molecule has 0 radical (unpaired) electrons. The van der Waals surface area contributed by atoms with Crippen LogP contribution in [0, 0.1) is 11.3 Å². The van der Waals surface area contributed by atoms with Gasteiger partial charge in [0.05, 0.1) is 10.2 Å². The van der Waals surface area contributed by atoms with Crippen LogP contribution in [0.25, 0.3) is 33.1 Å². The standard InChI is InChI=1S/C21H14N2OS/c22-13-14-24-18-8-4-2-6-16(18)10-12-20-23-21-17-7-3-1-5-15(17)9-11-19(21)25-20/h1-12H,14H2. The zero-order valence-corrected chi connectivity index (χ0v) is 14.2. The van der Waals surface area contributed by atoms with Crippen molar-refractivity contribution in [3.63, 3.8) is 0 Å². The minimum absolute atomic E-state index is 0.0397. The van der Waals surface area contributed by atoms with Gasteiger partial charge >= 0.3 is 0 Å². The second-order valence-electron chi connectivity index (χ2n) is 5.50. The number of aromatic nitrogens is 1. The summed E-state index contributed by atoms with van der Waals surface area (Å²) in [5.74, 6) is 0.701. The van der Waals surface area contributed by atoms with Gasteiger partial charge in [0.1, 0.15) is 16.8 Å². The highest BCUT2D eigenvalue weighted by molar-refractivity contribution is 7.19.